The van der Waals surface area contributed by atoms with Crippen LogP contribution in [0.2, 0.25) is 0 Å². The number of nitrogens with zero attached hydrogens (tertiary/aromatic N) is 5. The number of nitrogens with two attached hydrogens (primary N) is 1. The van der Waals surface area contributed by atoms with Gasteiger partial charge < -0.3 is 5.73 Å². The van der Waals surface area contributed by atoms with Gasteiger partial charge in [0.1, 0.15) is 5.39 Å². The molecular formula is C8H10N6OS. The molecule has 0 bridgehead atoms. The molecule has 0 saturated carbocycles. The standard InChI is InChI=1S/C8H10N6OS/c1-13-7-5(4-10-13)8(15)14(12-11-7)3-2-6(9)16/h4H,2-3H2,1H3,(H2,9,16). The molecule has 2 aromatic rings. The summed E-state index contributed by atoms with van der Waals surface area (Å²) >= 11 is 4.74. The minimum absolute atomic E-state index is 0.227. The highest BCUT2D eigenvalue weighted by atomic mass is 32.1. The summed E-state index contributed by atoms with van der Waals surface area (Å²) in [5.74, 6) is 0. The van der Waals surface area contributed by atoms with Crippen LogP contribution in [-0.4, -0.2) is 29.8 Å². The van der Waals surface area contributed by atoms with Crippen LogP contribution < -0.4 is 11.3 Å². The molecule has 84 valence electrons. The first-order valence-electron chi connectivity index (χ1n) is 4.63. The van der Waals surface area contributed by atoms with E-state index in [1.54, 1.807) is 7.05 Å². The van der Waals surface area contributed by atoms with Crippen LogP contribution in [0.3, 0.4) is 0 Å². The maximum Gasteiger partial charge on any atom is 0.280 e. The molecule has 0 radical (unpaired) electrons. The summed E-state index contributed by atoms with van der Waals surface area (Å²) in [4.78, 5) is 12.2. The van der Waals surface area contributed by atoms with E-state index in [4.69, 9.17) is 18.0 Å². The van der Waals surface area contributed by atoms with Crippen LogP contribution in [0.1, 0.15) is 6.42 Å². The molecule has 0 saturated heterocycles. The molecule has 0 aliphatic heterocycles. The molecule has 0 unspecified atom stereocenters. The minimum Gasteiger partial charge on any atom is -0.393 e. The van der Waals surface area contributed by atoms with E-state index in [0.717, 1.165) is 0 Å². The van der Waals surface area contributed by atoms with Crippen LogP contribution in [0, 0.1) is 0 Å². The molecule has 2 heterocycles. The largest absolute Gasteiger partial charge is 0.393 e. The second-order valence-electron chi connectivity index (χ2n) is 3.34. The molecule has 0 aromatic carbocycles. The number of aromatic nitrogens is 5. The van der Waals surface area contributed by atoms with Gasteiger partial charge in [-0.05, 0) is 0 Å². The van der Waals surface area contributed by atoms with E-state index >= 15 is 0 Å². The summed E-state index contributed by atoms with van der Waals surface area (Å²) in [5, 5.41) is 12.1. The van der Waals surface area contributed by atoms with Crippen LogP contribution in [-0.2, 0) is 13.6 Å². The predicted octanol–water partition coefficient (Wildman–Crippen LogP) is -0.799. The highest BCUT2D eigenvalue weighted by Gasteiger charge is 2.09. The van der Waals surface area contributed by atoms with Crippen molar-refractivity contribution >= 4 is 28.2 Å². The van der Waals surface area contributed by atoms with Crippen molar-refractivity contribution < 1.29 is 0 Å². The van der Waals surface area contributed by atoms with Gasteiger partial charge in [-0.25, -0.2) is 9.36 Å². The fraction of sp³-hybridized carbons (Fsp3) is 0.375. The quantitative estimate of drug-likeness (QED) is 0.704. The Morgan fingerprint density at radius 1 is 1.62 bits per heavy atom. The molecule has 2 N–H and O–H groups in total. The normalized spacial score (nSPS) is 10.8. The Balaban J connectivity index is 2.45. The summed E-state index contributed by atoms with van der Waals surface area (Å²) in [5.41, 5.74) is 5.60. The average Bonchev–Trinajstić information content (AvgIpc) is 2.60. The Kier molecular flexibility index (Phi) is 2.65. The summed E-state index contributed by atoms with van der Waals surface area (Å²) in [6, 6.07) is 0. The molecule has 0 aliphatic carbocycles. The lowest BCUT2D eigenvalue weighted by atomic mass is 10.4. The summed E-state index contributed by atoms with van der Waals surface area (Å²) in [6.07, 6.45) is 1.90. The van der Waals surface area contributed by atoms with Gasteiger partial charge in [0.2, 0.25) is 0 Å². The smallest absolute Gasteiger partial charge is 0.280 e. The third-order valence-electron chi connectivity index (χ3n) is 2.19. The molecule has 2 aromatic heterocycles. The highest BCUT2D eigenvalue weighted by molar-refractivity contribution is 7.80. The summed E-state index contributed by atoms with van der Waals surface area (Å²) in [7, 11) is 1.70. The van der Waals surface area contributed by atoms with Crippen LogP contribution in [0.15, 0.2) is 11.0 Å². The molecule has 0 atom stereocenters. The van der Waals surface area contributed by atoms with E-state index in [1.165, 1.54) is 15.6 Å². The zero-order chi connectivity index (χ0) is 11.7. The average molecular weight is 238 g/mol. The first-order valence-corrected chi connectivity index (χ1v) is 5.04. The maximum absolute atomic E-state index is 11.9. The van der Waals surface area contributed by atoms with Crippen molar-refractivity contribution in [3.05, 3.63) is 16.6 Å². The van der Waals surface area contributed by atoms with E-state index in [9.17, 15) is 4.79 Å². The van der Waals surface area contributed by atoms with Gasteiger partial charge in [-0.1, -0.05) is 17.4 Å². The summed E-state index contributed by atoms with van der Waals surface area (Å²) in [6.45, 7) is 0.339. The molecule has 8 heteroatoms. The molecular weight excluding hydrogens is 228 g/mol. The second-order valence-corrected chi connectivity index (χ2v) is 3.86. The molecule has 0 amide bonds. The number of aryl methyl sites for hydroxylation is 2. The van der Waals surface area contributed by atoms with Gasteiger partial charge in [-0.15, -0.1) is 5.10 Å². The summed E-state index contributed by atoms with van der Waals surface area (Å²) < 4.78 is 2.74. The number of thiocarbonyl (C=S) groups is 1. The number of rotatable bonds is 3. The number of hydrogen-bond donors (Lipinski definition) is 1. The van der Waals surface area contributed by atoms with Crippen LogP contribution >= 0.6 is 12.2 Å². The SMILES string of the molecule is Cn1ncc2c(=O)n(CCC(N)=S)nnc21. The van der Waals surface area contributed by atoms with Gasteiger partial charge in [0.15, 0.2) is 5.65 Å². The van der Waals surface area contributed by atoms with Crippen molar-refractivity contribution in [3.8, 4) is 0 Å². The Hall–Kier alpha value is -1.83. The lowest BCUT2D eigenvalue weighted by Gasteiger charge is -2.01. The fourth-order valence-corrected chi connectivity index (χ4v) is 1.43. The second kappa shape index (κ2) is 3.97. The third-order valence-corrected chi connectivity index (χ3v) is 2.39. The molecule has 0 spiro atoms. The van der Waals surface area contributed by atoms with Crippen LogP contribution in [0.5, 0.6) is 0 Å². The molecule has 7 nitrogen and oxygen atoms in total. The van der Waals surface area contributed by atoms with Gasteiger partial charge in [-0.3, -0.25) is 4.79 Å². The Bertz CT molecular complexity index is 600. The van der Waals surface area contributed by atoms with Crippen LogP contribution in [0.4, 0.5) is 0 Å². The first kappa shape index (κ1) is 10.7. The lowest BCUT2D eigenvalue weighted by molar-refractivity contribution is 0.560. The topological polar surface area (TPSA) is 91.6 Å². The van der Waals surface area contributed by atoms with E-state index in [2.05, 4.69) is 15.4 Å². The Labute approximate surface area is 95.8 Å². The van der Waals surface area contributed by atoms with Gasteiger partial charge in [0, 0.05) is 13.5 Å². The van der Waals surface area contributed by atoms with Crippen molar-refractivity contribution in [3.63, 3.8) is 0 Å². The first-order chi connectivity index (χ1) is 7.59. The molecule has 16 heavy (non-hydrogen) atoms. The molecule has 0 aliphatic rings. The Morgan fingerprint density at radius 2 is 2.38 bits per heavy atom. The zero-order valence-corrected chi connectivity index (χ0v) is 9.44. The monoisotopic (exact) mass is 238 g/mol. The van der Waals surface area contributed by atoms with Crippen LogP contribution in [0.25, 0.3) is 11.0 Å². The van der Waals surface area contributed by atoms with Crippen molar-refractivity contribution in [2.45, 2.75) is 13.0 Å². The number of hydrogen-bond acceptors (Lipinski definition) is 5. The lowest BCUT2D eigenvalue weighted by Crippen LogP contribution is -2.26. The van der Waals surface area contributed by atoms with E-state index in [-0.39, 0.29) is 5.56 Å². The number of fused-ring (bicyclic) bond motifs is 1. The highest BCUT2D eigenvalue weighted by Crippen LogP contribution is 2.01. The molecule has 0 fully saturated rings. The predicted molar refractivity (Wildman–Crippen MR) is 62.0 cm³/mol. The van der Waals surface area contributed by atoms with Crippen molar-refractivity contribution in [2.75, 3.05) is 0 Å². The molecule has 2 rings (SSSR count). The van der Waals surface area contributed by atoms with Crippen molar-refractivity contribution in [1.82, 2.24) is 24.8 Å². The van der Waals surface area contributed by atoms with E-state index < -0.39 is 0 Å². The van der Waals surface area contributed by atoms with Gasteiger partial charge in [0.05, 0.1) is 17.7 Å². The Morgan fingerprint density at radius 3 is 3.06 bits per heavy atom. The van der Waals surface area contributed by atoms with Crippen molar-refractivity contribution in [1.29, 1.82) is 0 Å². The maximum atomic E-state index is 11.9. The van der Waals surface area contributed by atoms with Crippen molar-refractivity contribution in [2.24, 2.45) is 12.8 Å². The van der Waals surface area contributed by atoms with Gasteiger partial charge >= 0.3 is 0 Å². The third kappa shape index (κ3) is 1.78. The fourth-order valence-electron chi connectivity index (χ4n) is 1.34. The van der Waals surface area contributed by atoms with E-state index in [0.29, 0.717) is 29.0 Å². The minimum atomic E-state index is -0.227. The zero-order valence-electron chi connectivity index (χ0n) is 8.62. The van der Waals surface area contributed by atoms with Gasteiger partial charge in [0.25, 0.3) is 5.56 Å². The van der Waals surface area contributed by atoms with E-state index in [1.807, 2.05) is 0 Å². The van der Waals surface area contributed by atoms with Gasteiger partial charge in [-0.2, -0.15) is 5.10 Å².